The molecule has 0 unspecified atom stereocenters. The van der Waals surface area contributed by atoms with Crippen LogP contribution in [0.25, 0.3) is 0 Å². The summed E-state index contributed by atoms with van der Waals surface area (Å²) in [5, 5.41) is 9.42. The molecule has 0 saturated heterocycles. The minimum atomic E-state index is -0.879. The molecule has 1 aromatic heterocycles. The number of nitrogens with two attached hydrogens (primary N) is 1. The Kier molecular flexibility index (Phi) is 4.42. The van der Waals surface area contributed by atoms with Crippen LogP contribution in [0.15, 0.2) is 30.3 Å². The SMILES string of the molecule is Nc1sc(CCC(=O)O)cc1C(=O)c1ccccc1Cl. The van der Waals surface area contributed by atoms with Gasteiger partial charge in [0.25, 0.3) is 0 Å². The number of rotatable bonds is 5. The highest BCUT2D eigenvalue weighted by Crippen LogP contribution is 2.29. The number of thiophene rings is 1. The summed E-state index contributed by atoms with van der Waals surface area (Å²) in [5.74, 6) is -1.12. The first kappa shape index (κ1) is 14.6. The predicted octanol–water partition coefficient (Wildman–Crippen LogP) is 3.23. The van der Waals surface area contributed by atoms with Gasteiger partial charge in [-0.05, 0) is 24.6 Å². The summed E-state index contributed by atoms with van der Waals surface area (Å²) in [5.41, 5.74) is 6.61. The zero-order valence-electron chi connectivity index (χ0n) is 10.4. The smallest absolute Gasteiger partial charge is 0.303 e. The van der Waals surface area contributed by atoms with Crippen LogP contribution in [0.2, 0.25) is 5.02 Å². The maximum Gasteiger partial charge on any atom is 0.303 e. The molecule has 0 bridgehead atoms. The average Bonchev–Trinajstić information content (AvgIpc) is 2.77. The normalized spacial score (nSPS) is 10.4. The van der Waals surface area contributed by atoms with Gasteiger partial charge >= 0.3 is 5.97 Å². The lowest BCUT2D eigenvalue weighted by Crippen LogP contribution is -2.03. The third-order valence-corrected chi connectivity index (χ3v) is 4.11. The van der Waals surface area contributed by atoms with E-state index in [0.717, 1.165) is 4.88 Å². The van der Waals surface area contributed by atoms with Gasteiger partial charge in [-0.1, -0.05) is 23.7 Å². The molecule has 2 aromatic rings. The quantitative estimate of drug-likeness (QED) is 0.831. The lowest BCUT2D eigenvalue weighted by molar-refractivity contribution is -0.136. The molecule has 0 atom stereocenters. The Labute approximate surface area is 124 Å². The monoisotopic (exact) mass is 309 g/mol. The van der Waals surface area contributed by atoms with Crippen LogP contribution in [0.1, 0.15) is 27.2 Å². The Morgan fingerprint density at radius 1 is 1.25 bits per heavy atom. The van der Waals surface area contributed by atoms with Gasteiger partial charge in [0, 0.05) is 10.4 Å². The van der Waals surface area contributed by atoms with Gasteiger partial charge in [-0.3, -0.25) is 9.59 Å². The second-order valence-electron chi connectivity index (χ2n) is 4.19. The van der Waals surface area contributed by atoms with Crippen molar-refractivity contribution in [3.05, 3.63) is 51.4 Å². The lowest BCUT2D eigenvalue weighted by Gasteiger charge is -2.02. The molecule has 0 aliphatic rings. The molecule has 0 aliphatic heterocycles. The number of benzene rings is 1. The maximum atomic E-state index is 12.4. The van der Waals surface area contributed by atoms with E-state index in [4.69, 9.17) is 22.4 Å². The number of halogens is 1. The minimum Gasteiger partial charge on any atom is -0.481 e. The molecule has 4 nitrogen and oxygen atoms in total. The van der Waals surface area contributed by atoms with E-state index in [1.807, 2.05) is 0 Å². The van der Waals surface area contributed by atoms with Gasteiger partial charge in [-0.2, -0.15) is 0 Å². The molecule has 20 heavy (non-hydrogen) atoms. The molecule has 0 spiro atoms. The fourth-order valence-electron chi connectivity index (χ4n) is 1.78. The molecule has 1 heterocycles. The first-order chi connectivity index (χ1) is 9.49. The molecular formula is C14H12ClNO3S. The molecule has 0 radical (unpaired) electrons. The Bertz CT molecular complexity index is 666. The van der Waals surface area contributed by atoms with Crippen LogP contribution in [0.5, 0.6) is 0 Å². The van der Waals surface area contributed by atoms with Crippen molar-refractivity contribution in [3.63, 3.8) is 0 Å². The van der Waals surface area contributed by atoms with Gasteiger partial charge < -0.3 is 10.8 Å². The van der Waals surface area contributed by atoms with Gasteiger partial charge in [0.2, 0.25) is 0 Å². The van der Waals surface area contributed by atoms with E-state index in [-0.39, 0.29) is 12.2 Å². The molecule has 3 N–H and O–H groups in total. The summed E-state index contributed by atoms with van der Waals surface area (Å²) >= 11 is 7.23. The molecular weight excluding hydrogens is 298 g/mol. The molecule has 0 amide bonds. The Morgan fingerprint density at radius 3 is 2.60 bits per heavy atom. The predicted molar refractivity (Wildman–Crippen MR) is 79.6 cm³/mol. The molecule has 2 rings (SSSR count). The fourth-order valence-corrected chi connectivity index (χ4v) is 2.93. The lowest BCUT2D eigenvalue weighted by atomic mass is 10.0. The van der Waals surface area contributed by atoms with Crippen molar-refractivity contribution >= 4 is 39.7 Å². The van der Waals surface area contributed by atoms with E-state index in [1.54, 1.807) is 30.3 Å². The van der Waals surface area contributed by atoms with E-state index in [9.17, 15) is 9.59 Å². The number of anilines is 1. The zero-order chi connectivity index (χ0) is 14.7. The van der Waals surface area contributed by atoms with E-state index in [1.165, 1.54) is 11.3 Å². The van der Waals surface area contributed by atoms with Gasteiger partial charge in [0.05, 0.1) is 22.0 Å². The number of hydrogen-bond acceptors (Lipinski definition) is 4. The molecule has 0 fully saturated rings. The minimum absolute atomic E-state index is 0.0136. The highest BCUT2D eigenvalue weighted by Gasteiger charge is 2.18. The number of carbonyl (C=O) groups excluding carboxylic acids is 1. The number of nitrogen functional groups attached to an aromatic ring is 1. The fraction of sp³-hybridized carbons (Fsp3) is 0.143. The van der Waals surface area contributed by atoms with Crippen LogP contribution in [0.4, 0.5) is 5.00 Å². The first-order valence-corrected chi connectivity index (χ1v) is 7.07. The van der Waals surface area contributed by atoms with Crippen molar-refractivity contribution in [3.8, 4) is 0 Å². The van der Waals surface area contributed by atoms with Crippen molar-refractivity contribution < 1.29 is 14.7 Å². The zero-order valence-corrected chi connectivity index (χ0v) is 12.0. The van der Waals surface area contributed by atoms with Crippen molar-refractivity contribution in [1.29, 1.82) is 0 Å². The van der Waals surface area contributed by atoms with Crippen molar-refractivity contribution in [2.75, 3.05) is 5.73 Å². The summed E-state index contributed by atoms with van der Waals surface area (Å²) in [6.45, 7) is 0. The van der Waals surface area contributed by atoms with Crippen molar-refractivity contribution in [1.82, 2.24) is 0 Å². The van der Waals surface area contributed by atoms with Crippen LogP contribution in [-0.2, 0) is 11.2 Å². The maximum absolute atomic E-state index is 12.4. The second kappa shape index (κ2) is 6.07. The van der Waals surface area contributed by atoms with Gasteiger partial charge in [0.1, 0.15) is 0 Å². The van der Waals surface area contributed by atoms with Crippen LogP contribution in [0.3, 0.4) is 0 Å². The average molecular weight is 310 g/mol. The van der Waals surface area contributed by atoms with Gasteiger partial charge in [-0.25, -0.2) is 0 Å². The standard InChI is InChI=1S/C14H12ClNO3S/c15-11-4-2-1-3-9(11)13(19)10-7-8(20-14(10)16)5-6-12(17)18/h1-4,7H,5-6,16H2,(H,17,18). The van der Waals surface area contributed by atoms with Gasteiger partial charge in [0.15, 0.2) is 5.78 Å². The van der Waals surface area contributed by atoms with E-state index >= 15 is 0 Å². The molecule has 1 aromatic carbocycles. The number of carbonyl (C=O) groups is 2. The molecule has 6 heteroatoms. The Hall–Kier alpha value is -1.85. The number of ketones is 1. The largest absolute Gasteiger partial charge is 0.481 e. The molecule has 0 aliphatic carbocycles. The third kappa shape index (κ3) is 3.18. The molecule has 104 valence electrons. The van der Waals surface area contributed by atoms with Crippen LogP contribution >= 0.6 is 22.9 Å². The van der Waals surface area contributed by atoms with Crippen LogP contribution < -0.4 is 5.73 Å². The molecule has 0 saturated carbocycles. The second-order valence-corrected chi connectivity index (χ2v) is 5.77. The van der Waals surface area contributed by atoms with Crippen LogP contribution in [-0.4, -0.2) is 16.9 Å². The van der Waals surface area contributed by atoms with Crippen molar-refractivity contribution in [2.24, 2.45) is 0 Å². The topological polar surface area (TPSA) is 80.4 Å². The number of aliphatic carboxylic acids is 1. The summed E-state index contributed by atoms with van der Waals surface area (Å²) in [4.78, 5) is 23.7. The third-order valence-electron chi connectivity index (χ3n) is 2.76. The van der Waals surface area contributed by atoms with E-state index in [0.29, 0.717) is 27.6 Å². The van der Waals surface area contributed by atoms with E-state index in [2.05, 4.69) is 0 Å². The Balaban J connectivity index is 2.27. The summed E-state index contributed by atoms with van der Waals surface area (Å²) < 4.78 is 0. The highest BCUT2D eigenvalue weighted by atomic mass is 35.5. The first-order valence-electron chi connectivity index (χ1n) is 5.88. The summed E-state index contributed by atoms with van der Waals surface area (Å²) in [6, 6.07) is 8.40. The number of aryl methyl sites for hydroxylation is 1. The van der Waals surface area contributed by atoms with Crippen molar-refractivity contribution in [2.45, 2.75) is 12.8 Å². The van der Waals surface area contributed by atoms with Gasteiger partial charge in [-0.15, -0.1) is 11.3 Å². The van der Waals surface area contributed by atoms with Crippen LogP contribution in [0, 0.1) is 0 Å². The number of carboxylic acids is 1. The Morgan fingerprint density at radius 2 is 1.95 bits per heavy atom. The summed E-state index contributed by atoms with van der Waals surface area (Å²) in [6.07, 6.45) is 0.375. The summed E-state index contributed by atoms with van der Waals surface area (Å²) in [7, 11) is 0. The number of hydrogen-bond donors (Lipinski definition) is 2. The van der Waals surface area contributed by atoms with E-state index < -0.39 is 5.97 Å². The highest BCUT2D eigenvalue weighted by molar-refractivity contribution is 7.16. The number of carboxylic acid groups (broad SMARTS) is 1.